The number of halogens is 1. The van der Waals surface area contributed by atoms with Gasteiger partial charge in [-0.1, -0.05) is 49.0 Å². The lowest BCUT2D eigenvalue weighted by Crippen LogP contribution is -2.41. The van der Waals surface area contributed by atoms with Crippen LogP contribution in [0.1, 0.15) is 39.5 Å². The maximum atomic E-state index is 12.3. The minimum atomic E-state index is -3.59. The van der Waals surface area contributed by atoms with Gasteiger partial charge in [-0.2, -0.15) is 0 Å². The number of rotatable bonds is 9. The lowest BCUT2D eigenvalue weighted by atomic mass is 9.96. The van der Waals surface area contributed by atoms with Gasteiger partial charge in [-0.15, -0.1) is 0 Å². The van der Waals surface area contributed by atoms with E-state index in [1.165, 1.54) is 0 Å². The summed E-state index contributed by atoms with van der Waals surface area (Å²) >= 11 is 3.28. The van der Waals surface area contributed by atoms with E-state index in [4.69, 9.17) is 0 Å². The van der Waals surface area contributed by atoms with E-state index in [1.807, 2.05) is 6.92 Å². The second-order valence-electron chi connectivity index (χ2n) is 5.34. The summed E-state index contributed by atoms with van der Waals surface area (Å²) in [6, 6.07) is 6.02. The van der Waals surface area contributed by atoms with Gasteiger partial charge in [-0.3, -0.25) is 0 Å². The Bertz CT molecular complexity index is 516. The van der Waals surface area contributed by atoms with Gasteiger partial charge in [-0.25, -0.2) is 13.1 Å². The van der Waals surface area contributed by atoms with E-state index < -0.39 is 16.1 Å². The van der Waals surface area contributed by atoms with Crippen molar-refractivity contribution in [2.24, 2.45) is 5.92 Å². The Morgan fingerprint density at radius 3 is 2.38 bits per heavy atom. The van der Waals surface area contributed by atoms with Crippen molar-refractivity contribution in [2.45, 2.75) is 50.5 Å². The van der Waals surface area contributed by atoms with E-state index in [-0.39, 0.29) is 17.4 Å². The van der Waals surface area contributed by atoms with Crippen LogP contribution in [0, 0.1) is 5.92 Å². The molecule has 4 nitrogen and oxygen atoms in total. The first-order chi connectivity index (χ1) is 9.90. The van der Waals surface area contributed by atoms with E-state index in [9.17, 15) is 13.5 Å². The zero-order valence-electron chi connectivity index (χ0n) is 12.5. The maximum Gasteiger partial charge on any atom is 0.240 e. The lowest BCUT2D eigenvalue weighted by Gasteiger charge is -2.23. The van der Waals surface area contributed by atoms with E-state index in [2.05, 4.69) is 27.6 Å². The summed E-state index contributed by atoms with van der Waals surface area (Å²) in [6.45, 7) is 3.91. The molecule has 0 radical (unpaired) electrons. The number of aliphatic hydroxyl groups is 1. The summed E-state index contributed by atoms with van der Waals surface area (Å²) in [5.74, 6) is 0.103. The number of unbranched alkanes of at least 4 members (excludes halogenated alkanes) is 2. The fourth-order valence-corrected chi connectivity index (χ4v) is 3.73. The molecule has 0 bridgehead atoms. The number of sulfonamides is 1. The van der Waals surface area contributed by atoms with Crippen LogP contribution in [-0.2, 0) is 10.0 Å². The first kappa shape index (κ1) is 18.6. The first-order valence-electron chi connectivity index (χ1n) is 7.29. The quantitative estimate of drug-likeness (QED) is 0.648. The number of hydrogen-bond donors (Lipinski definition) is 2. The van der Waals surface area contributed by atoms with Crippen molar-refractivity contribution >= 4 is 26.0 Å². The molecular weight excluding hydrogens is 354 g/mol. The Kier molecular flexibility index (Phi) is 7.87. The van der Waals surface area contributed by atoms with Gasteiger partial charge in [-0.05, 0) is 36.6 Å². The molecule has 0 amide bonds. The van der Waals surface area contributed by atoms with Crippen LogP contribution in [0.3, 0.4) is 0 Å². The summed E-state index contributed by atoms with van der Waals surface area (Å²) < 4.78 is 28.1. The van der Waals surface area contributed by atoms with Gasteiger partial charge >= 0.3 is 0 Å². The molecule has 0 heterocycles. The first-order valence-corrected chi connectivity index (χ1v) is 9.57. The van der Waals surface area contributed by atoms with Crippen molar-refractivity contribution in [1.82, 2.24) is 4.72 Å². The standard InChI is InChI=1S/C15H24BrNO3S/c1-3-4-5-6-12(2)15(11-18)17-21(19,20)14-9-7-13(16)8-10-14/h7-10,12,15,17-18H,3-6,11H2,1-2H3/t12-,15+/m0/s1. The molecule has 0 aliphatic carbocycles. The smallest absolute Gasteiger partial charge is 0.240 e. The third-order valence-electron chi connectivity index (χ3n) is 3.58. The summed E-state index contributed by atoms with van der Waals surface area (Å²) in [5.41, 5.74) is 0. The Morgan fingerprint density at radius 2 is 1.86 bits per heavy atom. The molecule has 0 aliphatic rings. The average Bonchev–Trinajstić information content (AvgIpc) is 2.45. The van der Waals surface area contributed by atoms with Gasteiger partial charge in [0.25, 0.3) is 0 Å². The van der Waals surface area contributed by atoms with Crippen LogP contribution >= 0.6 is 15.9 Å². The van der Waals surface area contributed by atoms with Crippen LogP contribution in [0.5, 0.6) is 0 Å². The molecule has 1 rings (SSSR count). The minimum Gasteiger partial charge on any atom is -0.395 e. The van der Waals surface area contributed by atoms with Crippen molar-refractivity contribution in [3.63, 3.8) is 0 Å². The fraction of sp³-hybridized carbons (Fsp3) is 0.600. The predicted molar refractivity (Wildman–Crippen MR) is 88.6 cm³/mol. The normalized spacial score (nSPS) is 14.9. The summed E-state index contributed by atoms with van der Waals surface area (Å²) in [5, 5.41) is 9.47. The van der Waals surface area contributed by atoms with Crippen LogP contribution in [0.4, 0.5) is 0 Å². The van der Waals surface area contributed by atoms with Gasteiger partial charge < -0.3 is 5.11 Å². The Labute approximate surface area is 136 Å². The van der Waals surface area contributed by atoms with Gasteiger partial charge in [0.2, 0.25) is 10.0 Å². The highest BCUT2D eigenvalue weighted by atomic mass is 79.9. The number of benzene rings is 1. The number of nitrogens with one attached hydrogen (secondary N) is 1. The number of hydrogen-bond acceptors (Lipinski definition) is 3. The molecule has 2 N–H and O–H groups in total. The zero-order valence-corrected chi connectivity index (χ0v) is 15.0. The van der Waals surface area contributed by atoms with Crippen LogP contribution in [0.15, 0.2) is 33.6 Å². The van der Waals surface area contributed by atoms with Crippen molar-refractivity contribution in [1.29, 1.82) is 0 Å². The summed E-state index contributed by atoms with van der Waals surface area (Å²) in [6.07, 6.45) is 4.21. The van der Waals surface area contributed by atoms with Crippen LogP contribution in [0.25, 0.3) is 0 Å². The van der Waals surface area contributed by atoms with E-state index in [0.29, 0.717) is 0 Å². The van der Waals surface area contributed by atoms with Crippen LogP contribution in [0.2, 0.25) is 0 Å². The summed E-state index contributed by atoms with van der Waals surface area (Å²) in [7, 11) is -3.59. The molecule has 0 aliphatic heterocycles. The van der Waals surface area contributed by atoms with Crippen molar-refractivity contribution in [2.75, 3.05) is 6.61 Å². The Hall–Kier alpha value is -0.430. The zero-order chi connectivity index (χ0) is 15.9. The highest BCUT2D eigenvalue weighted by molar-refractivity contribution is 9.10. The van der Waals surface area contributed by atoms with Gasteiger partial charge in [0.05, 0.1) is 11.5 Å². The molecule has 120 valence electrons. The molecule has 1 aromatic rings. The largest absolute Gasteiger partial charge is 0.395 e. The highest BCUT2D eigenvalue weighted by Gasteiger charge is 2.23. The monoisotopic (exact) mass is 377 g/mol. The van der Waals surface area contributed by atoms with Crippen molar-refractivity contribution in [3.05, 3.63) is 28.7 Å². The predicted octanol–water partition coefficient (Wildman–Crippen LogP) is 3.30. The summed E-state index contributed by atoms with van der Waals surface area (Å²) in [4.78, 5) is 0.213. The van der Waals surface area contributed by atoms with Gasteiger partial charge in [0, 0.05) is 10.5 Å². The Balaban J connectivity index is 2.72. The van der Waals surface area contributed by atoms with Crippen LogP contribution in [-0.4, -0.2) is 26.2 Å². The van der Waals surface area contributed by atoms with E-state index >= 15 is 0 Å². The number of aliphatic hydroxyl groups excluding tert-OH is 1. The molecule has 1 aromatic carbocycles. The maximum absolute atomic E-state index is 12.3. The minimum absolute atomic E-state index is 0.103. The lowest BCUT2D eigenvalue weighted by molar-refractivity contribution is 0.214. The molecule has 21 heavy (non-hydrogen) atoms. The molecule has 0 saturated heterocycles. The van der Waals surface area contributed by atoms with Gasteiger partial charge in [0.1, 0.15) is 0 Å². The van der Waals surface area contributed by atoms with E-state index in [1.54, 1.807) is 24.3 Å². The van der Waals surface area contributed by atoms with E-state index in [0.717, 1.165) is 30.2 Å². The SMILES string of the molecule is CCCCC[C@H](C)[C@@H](CO)NS(=O)(=O)c1ccc(Br)cc1. The van der Waals surface area contributed by atoms with Crippen molar-refractivity contribution in [3.8, 4) is 0 Å². The second kappa shape index (κ2) is 8.88. The molecule has 0 unspecified atom stereocenters. The average molecular weight is 378 g/mol. The van der Waals surface area contributed by atoms with Gasteiger partial charge in [0.15, 0.2) is 0 Å². The van der Waals surface area contributed by atoms with Crippen LogP contribution < -0.4 is 4.72 Å². The molecule has 0 saturated carbocycles. The molecule has 0 aromatic heterocycles. The second-order valence-corrected chi connectivity index (χ2v) is 7.97. The molecular formula is C15H24BrNO3S. The molecule has 0 spiro atoms. The Morgan fingerprint density at radius 1 is 1.24 bits per heavy atom. The molecule has 6 heteroatoms. The topological polar surface area (TPSA) is 66.4 Å². The highest BCUT2D eigenvalue weighted by Crippen LogP contribution is 2.18. The third-order valence-corrected chi connectivity index (χ3v) is 5.61. The fourth-order valence-electron chi connectivity index (χ4n) is 2.13. The molecule has 2 atom stereocenters. The molecule has 0 fully saturated rings. The van der Waals surface area contributed by atoms with Crippen molar-refractivity contribution < 1.29 is 13.5 Å². The third kappa shape index (κ3) is 6.06.